The fourth-order valence-corrected chi connectivity index (χ4v) is 6.70. The van der Waals surface area contributed by atoms with Crippen LogP contribution in [-0.4, -0.2) is 71.3 Å². The van der Waals surface area contributed by atoms with E-state index in [0.29, 0.717) is 32.4 Å². The predicted octanol–water partition coefficient (Wildman–Crippen LogP) is 3.23. The molecule has 5 atom stereocenters. The number of aliphatic hydroxyl groups is 1. The molecule has 0 bridgehead atoms. The van der Waals surface area contributed by atoms with E-state index in [4.69, 9.17) is 14.6 Å². The van der Waals surface area contributed by atoms with Crippen LogP contribution >= 0.6 is 0 Å². The molecule has 4 heterocycles. The Labute approximate surface area is 224 Å². The molecular weight excluding hydrogens is 484 g/mol. The molecule has 1 aromatic carbocycles. The van der Waals surface area contributed by atoms with E-state index in [9.17, 15) is 14.4 Å². The highest BCUT2D eigenvalue weighted by molar-refractivity contribution is 6.06. The third kappa shape index (κ3) is 4.28. The van der Waals surface area contributed by atoms with Crippen molar-refractivity contribution in [1.82, 2.24) is 4.90 Å². The quantitative estimate of drug-likeness (QED) is 0.336. The van der Waals surface area contributed by atoms with Crippen LogP contribution < -0.4 is 4.90 Å². The molecule has 4 aliphatic rings. The number of aliphatic hydroxyl groups excluding tert-OH is 1. The van der Waals surface area contributed by atoms with Crippen molar-refractivity contribution in [3.8, 4) is 0 Å². The van der Waals surface area contributed by atoms with Gasteiger partial charge in [-0.15, -0.1) is 0 Å². The first-order chi connectivity index (χ1) is 18.2. The topological polar surface area (TPSA) is 96.4 Å². The van der Waals surface area contributed by atoms with Crippen molar-refractivity contribution < 1.29 is 29.0 Å². The van der Waals surface area contributed by atoms with E-state index < -0.39 is 35.0 Å². The molecule has 2 fully saturated rings. The maximum atomic E-state index is 14.5. The first-order valence-corrected chi connectivity index (χ1v) is 13.8. The highest BCUT2D eigenvalue weighted by Crippen LogP contribution is 2.57. The van der Waals surface area contributed by atoms with Gasteiger partial charge in [-0.25, -0.2) is 0 Å². The minimum Gasteiger partial charge on any atom is -0.465 e. The van der Waals surface area contributed by atoms with Gasteiger partial charge in [0.25, 0.3) is 5.91 Å². The monoisotopic (exact) mass is 522 g/mol. The van der Waals surface area contributed by atoms with Crippen LogP contribution in [0.3, 0.4) is 0 Å². The average molecular weight is 523 g/mol. The number of benzene rings is 1. The molecule has 1 N–H and O–H groups in total. The van der Waals surface area contributed by atoms with E-state index in [1.54, 1.807) is 9.80 Å². The van der Waals surface area contributed by atoms with E-state index in [-0.39, 0.29) is 25.0 Å². The number of hydrogen-bond acceptors (Lipinski definition) is 6. The second kappa shape index (κ2) is 10.3. The summed E-state index contributed by atoms with van der Waals surface area (Å²) in [5.41, 5.74) is 0.474. The van der Waals surface area contributed by atoms with Gasteiger partial charge in [-0.05, 0) is 57.2 Å². The summed E-state index contributed by atoms with van der Waals surface area (Å²) in [6, 6.07) is 5.11. The number of hydrogen-bond donors (Lipinski definition) is 1. The lowest BCUT2D eigenvalue weighted by molar-refractivity contribution is -0.159. The summed E-state index contributed by atoms with van der Waals surface area (Å²) < 4.78 is 12.3. The molecule has 0 saturated carbocycles. The molecule has 8 heteroatoms. The number of ether oxygens (including phenoxy) is 2. The van der Waals surface area contributed by atoms with Gasteiger partial charge in [0.05, 0.1) is 18.1 Å². The normalized spacial score (nSPS) is 32.4. The van der Waals surface area contributed by atoms with Crippen LogP contribution in [0, 0.1) is 25.7 Å². The van der Waals surface area contributed by atoms with Crippen molar-refractivity contribution in [3.63, 3.8) is 0 Å². The maximum absolute atomic E-state index is 14.5. The van der Waals surface area contributed by atoms with Crippen LogP contribution in [-0.2, 0) is 23.9 Å². The summed E-state index contributed by atoms with van der Waals surface area (Å²) >= 11 is 0. The number of esters is 1. The van der Waals surface area contributed by atoms with E-state index in [2.05, 4.69) is 0 Å². The van der Waals surface area contributed by atoms with Crippen LogP contribution in [0.4, 0.5) is 5.69 Å². The molecule has 0 aliphatic carbocycles. The van der Waals surface area contributed by atoms with E-state index in [0.717, 1.165) is 29.7 Å². The van der Waals surface area contributed by atoms with Crippen LogP contribution in [0.1, 0.15) is 50.2 Å². The summed E-state index contributed by atoms with van der Waals surface area (Å²) in [6.07, 6.45) is 11.2. The van der Waals surface area contributed by atoms with Gasteiger partial charge in [0.1, 0.15) is 17.6 Å². The first-order valence-electron chi connectivity index (χ1n) is 13.8. The summed E-state index contributed by atoms with van der Waals surface area (Å²) in [5.74, 6) is -2.60. The Hall–Kier alpha value is -2.97. The van der Waals surface area contributed by atoms with Gasteiger partial charge >= 0.3 is 5.97 Å². The fraction of sp³-hybridized carbons (Fsp3) is 0.567. The predicted molar refractivity (Wildman–Crippen MR) is 142 cm³/mol. The Bertz CT molecular complexity index is 1180. The molecular formula is C30H38N2O6. The van der Waals surface area contributed by atoms with E-state index >= 15 is 0 Å². The molecule has 0 radical (unpaired) electrons. The number of likely N-dealkylation sites (tertiary alicyclic amines) is 1. The van der Waals surface area contributed by atoms with Gasteiger partial charge in [-0.3, -0.25) is 14.4 Å². The van der Waals surface area contributed by atoms with Crippen molar-refractivity contribution in [3.05, 3.63) is 53.6 Å². The van der Waals surface area contributed by atoms with Gasteiger partial charge in [0.2, 0.25) is 5.91 Å². The van der Waals surface area contributed by atoms with Gasteiger partial charge in [-0.1, -0.05) is 49.3 Å². The van der Waals surface area contributed by atoms with Crippen LogP contribution in [0.15, 0.2) is 42.5 Å². The van der Waals surface area contributed by atoms with Crippen molar-refractivity contribution in [2.24, 2.45) is 11.8 Å². The Balaban J connectivity index is 1.58. The molecule has 2 saturated heterocycles. The molecule has 8 nitrogen and oxygen atoms in total. The summed E-state index contributed by atoms with van der Waals surface area (Å²) in [4.78, 5) is 45.4. The molecule has 204 valence electrons. The van der Waals surface area contributed by atoms with Gasteiger partial charge in [0, 0.05) is 25.4 Å². The summed E-state index contributed by atoms with van der Waals surface area (Å²) in [7, 11) is 0. The highest BCUT2D eigenvalue weighted by atomic mass is 16.6. The second-order valence-electron chi connectivity index (χ2n) is 11.2. The number of fused-ring (bicyclic) bond motifs is 2. The third-order valence-electron chi connectivity index (χ3n) is 8.48. The lowest BCUT2D eigenvalue weighted by atomic mass is 9.74. The largest absolute Gasteiger partial charge is 0.465 e. The zero-order valence-electron chi connectivity index (χ0n) is 22.5. The fourth-order valence-electron chi connectivity index (χ4n) is 6.70. The highest BCUT2D eigenvalue weighted by Gasteiger charge is 2.74. The number of anilines is 1. The smallest absolute Gasteiger partial charge is 0.313 e. The Morgan fingerprint density at radius 3 is 2.58 bits per heavy atom. The minimum atomic E-state index is -1.28. The number of aryl methyl sites for hydroxylation is 2. The number of amides is 2. The Kier molecular flexibility index (Phi) is 7.22. The van der Waals surface area contributed by atoms with Crippen molar-refractivity contribution in [2.75, 3.05) is 31.2 Å². The lowest BCUT2D eigenvalue weighted by Gasteiger charge is -2.38. The molecule has 2 amide bonds. The molecule has 1 aromatic rings. The van der Waals surface area contributed by atoms with Crippen molar-refractivity contribution in [1.29, 1.82) is 0 Å². The van der Waals surface area contributed by atoms with Gasteiger partial charge in [-0.2, -0.15) is 0 Å². The maximum Gasteiger partial charge on any atom is 0.313 e. The number of rotatable bonds is 7. The first kappa shape index (κ1) is 26.6. The molecule has 4 aliphatic heterocycles. The Morgan fingerprint density at radius 1 is 1.00 bits per heavy atom. The Morgan fingerprint density at radius 2 is 1.79 bits per heavy atom. The standard InChI is InChI=1S/C30H38N2O6/c1-20-11-12-21(2)22(19-20)31-16-10-14-30-23(24-28(36)37-18-9-6-13-29(24,3)38-30)26(34)32(25(30)27(31)35)15-7-4-5-8-17-33/h6,10-14,19,23-25,33H,4-5,7-9,15-18H2,1-3H3/t23-,24-,25?,29+,30-/m0/s1. The molecule has 5 rings (SSSR count). The average Bonchev–Trinajstić information content (AvgIpc) is 3.19. The number of cyclic esters (lactones) is 1. The molecule has 1 unspecified atom stereocenters. The number of carbonyl (C=O) groups is 3. The van der Waals surface area contributed by atoms with Gasteiger partial charge < -0.3 is 24.4 Å². The third-order valence-corrected chi connectivity index (χ3v) is 8.48. The van der Waals surface area contributed by atoms with Crippen molar-refractivity contribution >= 4 is 23.5 Å². The molecule has 1 spiro atoms. The zero-order chi connectivity index (χ0) is 27.1. The van der Waals surface area contributed by atoms with Crippen molar-refractivity contribution in [2.45, 2.75) is 70.1 Å². The number of unbranched alkanes of at least 4 members (excludes halogenated alkanes) is 3. The lowest BCUT2D eigenvalue weighted by Crippen LogP contribution is -2.56. The summed E-state index contributed by atoms with van der Waals surface area (Å²) in [6.45, 7) is 6.90. The van der Waals surface area contributed by atoms with Crippen LogP contribution in [0.25, 0.3) is 0 Å². The van der Waals surface area contributed by atoms with E-state index in [1.807, 2.05) is 63.3 Å². The van der Waals surface area contributed by atoms with E-state index in [1.165, 1.54) is 0 Å². The number of nitrogens with zero attached hydrogens (tertiary/aromatic N) is 2. The molecule has 38 heavy (non-hydrogen) atoms. The zero-order valence-corrected chi connectivity index (χ0v) is 22.5. The SMILES string of the molecule is Cc1ccc(C)c(N2CC=C[C@]34O[C@]5(C)C=CCCOC(=O)[C@@H]5[C@H]3C(=O)N(CCCCCCO)C4C2=O)c1. The summed E-state index contributed by atoms with van der Waals surface area (Å²) in [5, 5.41) is 9.14. The van der Waals surface area contributed by atoms with Crippen LogP contribution in [0.2, 0.25) is 0 Å². The second-order valence-corrected chi connectivity index (χ2v) is 11.2. The minimum absolute atomic E-state index is 0.133. The van der Waals surface area contributed by atoms with Crippen LogP contribution in [0.5, 0.6) is 0 Å². The number of carbonyl (C=O) groups excluding carboxylic acids is 3. The van der Waals surface area contributed by atoms with Gasteiger partial charge in [0.15, 0.2) is 0 Å². The molecule has 0 aromatic heterocycles.